The van der Waals surface area contributed by atoms with Gasteiger partial charge < -0.3 is 15.5 Å². The van der Waals surface area contributed by atoms with Gasteiger partial charge in [-0.15, -0.1) is 0 Å². The van der Waals surface area contributed by atoms with Gasteiger partial charge in [0.2, 0.25) is 0 Å². The molecule has 21 heavy (non-hydrogen) atoms. The van der Waals surface area contributed by atoms with Crippen LogP contribution in [-0.2, 0) is 0 Å². The normalized spacial score (nSPS) is 14.8. The van der Waals surface area contributed by atoms with E-state index < -0.39 is 0 Å². The summed E-state index contributed by atoms with van der Waals surface area (Å²) in [5.74, 6) is 0. The van der Waals surface area contributed by atoms with Crippen molar-refractivity contribution in [2.75, 3.05) is 41.7 Å². The summed E-state index contributed by atoms with van der Waals surface area (Å²) in [6.07, 6.45) is 0. The Balaban J connectivity index is 1.72. The molecule has 0 aromatic heterocycles. The van der Waals surface area contributed by atoms with Gasteiger partial charge >= 0.3 is 0 Å². The molecule has 4 heteroatoms. The predicted molar refractivity (Wildman–Crippen MR) is 86.4 cm³/mol. The fourth-order valence-electron chi connectivity index (χ4n) is 2.77. The lowest BCUT2D eigenvalue weighted by Crippen LogP contribution is -2.46. The lowest BCUT2D eigenvalue weighted by molar-refractivity contribution is 0.653. The molecule has 4 nitrogen and oxygen atoms in total. The van der Waals surface area contributed by atoms with E-state index in [4.69, 9.17) is 5.73 Å². The largest absolute Gasteiger partial charge is 0.399 e. The second kappa shape index (κ2) is 5.76. The third-order valence-corrected chi connectivity index (χ3v) is 3.88. The van der Waals surface area contributed by atoms with Gasteiger partial charge in [0.05, 0.1) is 11.3 Å². The van der Waals surface area contributed by atoms with Crippen LogP contribution in [0.2, 0.25) is 0 Å². The van der Waals surface area contributed by atoms with Crippen LogP contribution in [0.1, 0.15) is 5.56 Å². The summed E-state index contributed by atoms with van der Waals surface area (Å²) in [4.78, 5) is 4.61. The smallest absolute Gasteiger partial charge is 0.101 e. The van der Waals surface area contributed by atoms with Crippen molar-refractivity contribution in [2.45, 2.75) is 0 Å². The molecule has 0 bridgehead atoms. The van der Waals surface area contributed by atoms with E-state index in [1.807, 2.05) is 42.5 Å². The first-order valence-electron chi connectivity index (χ1n) is 7.12. The first-order chi connectivity index (χ1) is 10.3. The monoisotopic (exact) mass is 278 g/mol. The van der Waals surface area contributed by atoms with Crippen LogP contribution in [0.25, 0.3) is 0 Å². The molecule has 0 saturated carbocycles. The van der Waals surface area contributed by atoms with Crippen molar-refractivity contribution in [3.8, 4) is 6.07 Å². The van der Waals surface area contributed by atoms with Gasteiger partial charge in [-0.3, -0.25) is 0 Å². The standard InChI is InChI=1S/C17H18N4/c18-13-14-4-1-2-7-17(14)21-10-8-20(9-11-21)16-6-3-5-15(19)12-16/h1-7,12H,8-11,19H2. The molecule has 0 amide bonds. The number of benzene rings is 2. The number of rotatable bonds is 2. The Bertz CT molecular complexity index is 666. The summed E-state index contributed by atoms with van der Waals surface area (Å²) in [5.41, 5.74) is 9.59. The van der Waals surface area contributed by atoms with Gasteiger partial charge in [-0.25, -0.2) is 0 Å². The highest BCUT2D eigenvalue weighted by Crippen LogP contribution is 2.24. The summed E-state index contributed by atoms with van der Waals surface area (Å²) in [6, 6.07) is 18.1. The first-order valence-corrected chi connectivity index (χ1v) is 7.12. The Kier molecular flexibility index (Phi) is 3.65. The number of nitrogen functional groups attached to an aromatic ring is 1. The second-order valence-corrected chi connectivity index (χ2v) is 5.20. The number of nitriles is 1. The second-order valence-electron chi connectivity index (χ2n) is 5.20. The van der Waals surface area contributed by atoms with Crippen LogP contribution in [0.5, 0.6) is 0 Å². The van der Waals surface area contributed by atoms with E-state index in [0.29, 0.717) is 0 Å². The summed E-state index contributed by atoms with van der Waals surface area (Å²) in [6.45, 7) is 3.69. The highest BCUT2D eigenvalue weighted by Gasteiger charge is 2.19. The quantitative estimate of drug-likeness (QED) is 0.857. The molecule has 0 unspecified atom stereocenters. The first kappa shape index (κ1) is 13.3. The number of hydrogen-bond acceptors (Lipinski definition) is 4. The number of nitrogens with two attached hydrogens (primary N) is 1. The van der Waals surface area contributed by atoms with Gasteiger partial charge in [-0.1, -0.05) is 18.2 Å². The maximum absolute atomic E-state index is 9.21. The Hall–Kier alpha value is -2.67. The Morgan fingerprint density at radius 2 is 1.62 bits per heavy atom. The molecule has 1 aliphatic rings. The third-order valence-electron chi connectivity index (χ3n) is 3.88. The van der Waals surface area contributed by atoms with Crippen molar-refractivity contribution in [1.82, 2.24) is 0 Å². The van der Waals surface area contributed by atoms with Crippen LogP contribution < -0.4 is 15.5 Å². The Labute approximate surface area is 125 Å². The molecule has 1 fully saturated rings. The van der Waals surface area contributed by atoms with Crippen LogP contribution in [0, 0.1) is 11.3 Å². The van der Waals surface area contributed by atoms with Crippen LogP contribution in [0.3, 0.4) is 0 Å². The van der Waals surface area contributed by atoms with Gasteiger partial charge in [0, 0.05) is 37.6 Å². The molecule has 3 rings (SSSR count). The number of hydrogen-bond donors (Lipinski definition) is 1. The minimum atomic E-state index is 0.745. The molecule has 1 aliphatic heterocycles. The molecule has 0 atom stereocenters. The van der Waals surface area contributed by atoms with E-state index in [1.54, 1.807) is 0 Å². The number of para-hydroxylation sites is 1. The van der Waals surface area contributed by atoms with Crippen molar-refractivity contribution < 1.29 is 0 Å². The van der Waals surface area contributed by atoms with Crippen molar-refractivity contribution >= 4 is 17.1 Å². The van der Waals surface area contributed by atoms with Crippen LogP contribution in [0.15, 0.2) is 48.5 Å². The molecule has 0 aliphatic carbocycles. The highest BCUT2D eigenvalue weighted by molar-refractivity contribution is 5.61. The maximum atomic E-state index is 9.21. The van der Waals surface area contributed by atoms with E-state index in [0.717, 1.165) is 43.1 Å². The van der Waals surface area contributed by atoms with Crippen molar-refractivity contribution in [3.05, 3.63) is 54.1 Å². The van der Waals surface area contributed by atoms with Crippen molar-refractivity contribution in [2.24, 2.45) is 0 Å². The van der Waals surface area contributed by atoms with Crippen LogP contribution >= 0.6 is 0 Å². The lowest BCUT2D eigenvalue weighted by Gasteiger charge is -2.37. The Morgan fingerprint density at radius 1 is 0.905 bits per heavy atom. The number of anilines is 3. The zero-order valence-corrected chi connectivity index (χ0v) is 11.9. The number of nitrogens with zero attached hydrogens (tertiary/aromatic N) is 3. The molecular weight excluding hydrogens is 260 g/mol. The van der Waals surface area contributed by atoms with Crippen molar-refractivity contribution in [3.63, 3.8) is 0 Å². The molecular formula is C17H18N4. The fraction of sp³-hybridized carbons (Fsp3) is 0.235. The van der Waals surface area contributed by atoms with E-state index in [-0.39, 0.29) is 0 Å². The maximum Gasteiger partial charge on any atom is 0.101 e. The zero-order chi connectivity index (χ0) is 14.7. The van der Waals surface area contributed by atoms with Gasteiger partial charge in [0.1, 0.15) is 6.07 Å². The number of piperazine rings is 1. The summed E-state index contributed by atoms with van der Waals surface area (Å²) >= 11 is 0. The van der Waals surface area contributed by atoms with E-state index in [9.17, 15) is 5.26 Å². The summed E-state index contributed by atoms with van der Waals surface area (Å²) < 4.78 is 0. The molecule has 2 N–H and O–H groups in total. The SMILES string of the molecule is N#Cc1ccccc1N1CCN(c2cccc(N)c2)CC1. The molecule has 106 valence electrons. The van der Waals surface area contributed by atoms with Gasteiger partial charge in [0.15, 0.2) is 0 Å². The summed E-state index contributed by atoms with van der Waals surface area (Å²) in [7, 11) is 0. The fourth-order valence-corrected chi connectivity index (χ4v) is 2.77. The van der Waals surface area contributed by atoms with E-state index in [2.05, 4.69) is 21.9 Å². The van der Waals surface area contributed by atoms with Gasteiger partial charge in [0.25, 0.3) is 0 Å². The van der Waals surface area contributed by atoms with Crippen molar-refractivity contribution in [1.29, 1.82) is 5.26 Å². The molecule has 2 aromatic carbocycles. The lowest BCUT2D eigenvalue weighted by atomic mass is 10.1. The van der Waals surface area contributed by atoms with E-state index in [1.165, 1.54) is 5.69 Å². The zero-order valence-electron chi connectivity index (χ0n) is 11.9. The molecule has 1 saturated heterocycles. The minimum absolute atomic E-state index is 0.745. The van der Waals surface area contributed by atoms with Crippen LogP contribution in [0.4, 0.5) is 17.1 Å². The molecule has 2 aromatic rings. The molecule has 0 spiro atoms. The van der Waals surface area contributed by atoms with Gasteiger partial charge in [-0.2, -0.15) is 5.26 Å². The molecule has 1 heterocycles. The average Bonchev–Trinajstić information content (AvgIpc) is 2.55. The van der Waals surface area contributed by atoms with Crippen LogP contribution in [-0.4, -0.2) is 26.2 Å². The van der Waals surface area contributed by atoms with Gasteiger partial charge in [-0.05, 0) is 30.3 Å². The average molecular weight is 278 g/mol. The summed E-state index contributed by atoms with van der Waals surface area (Å²) in [5, 5.41) is 9.21. The predicted octanol–water partition coefficient (Wildman–Crippen LogP) is 2.47. The Morgan fingerprint density at radius 3 is 2.33 bits per heavy atom. The van der Waals surface area contributed by atoms with E-state index >= 15 is 0 Å². The highest BCUT2D eigenvalue weighted by atomic mass is 15.3. The topological polar surface area (TPSA) is 56.3 Å². The minimum Gasteiger partial charge on any atom is -0.399 e. The third kappa shape index (κ3) is 2.77. The molecule has 0 radical (unpaired) electrons.